The molecular formula is C25H26N2O4. The molecule has 0 fully saturated rings. The van der Waals surface area contributed by atoms with Crippen LogP contribution >= 0.6 is 0 Å². The third kappa shape index (κ3) is 6.96. The van der Waals surface area contributed by atoms with Crippen LogP contribution in [0.2, 0.25) is 0 Å². The molecule has 0 aliphatic heterocycles. The van der Waals surface area contributed by atoms with Gasteiger partial charge >= 0.3 is 5.97 Å². The van der Waals surface area contributed by atoms with Crippen LogP contribution in [0.5, 0.6) is 0 Å². The molecule has 0 radical (unpaired) electrons. The fourth-order valence-corrected chi connectivity index (χ4v) is 3.20. The zero-order valence-electron chi connectivity index (χ0n) is 17.5. The van der Waals surface area contributed by atoms with Crippen LogP contribution in [0.4, 0.5) is 0 Å². The van der Waals surface area contributed by atoms with Crippen molar-refractivity contribution in [2.24, 2.45) is 0 Å². The van der Waals surface area contributed by atoms with E-state index < -0.39 is 5.97 Å². The molecule has 1 atom stereocenters. The molecule has 2 amide bonds. The van der Waals surface area contributed by atoms with Gasteiger partial charge in [-0.05, 0) is 48.2 Å². The first-order valence-electron chi connectivity index (χ1n) is 10.3. The molecule has 0 aliphatic rings. The SMILES string of the molecule is C[C@@H](CCc1ccccc1)NC(=O)COC(=O)CNC(=O)c1ccc2ccccc2c1. The number of ether oxygens (including phenoxy) is 1. The lowest BCUT2D eigenvalue weighted by Gasteiger charge is -2.14. The van der Waals surface area contributed by atoms with Gasteiger partial charge in [0.15, 0.2) is 6.61 Å². The molecule has 6 nitrogen and oxygen atoms in total. The van der Waals surface area contributed by atoms with Crippen LogP contribution < -0.4 is 10.6 Å². The number of hydrogen-bond acceptors (Lipinski definition) is 4. The molecule has 3 aromatic rings. The Balaban J connectivity index is 1.36. The van der Waals surface area contributed by atoms with E-state index in [1.807, 2.05) is 67.6 Å². The Labute approximate surface area is 181 Å². The summed E-state index contributed by atoms with van der Waals surface area (Å²) in [5.41, 5.74) is 1.66. The van der Waals surface area contributed by atoms with E-state index >= 15 is 0 Å². The highest BCUT2D eigenvalue weighted by Crippen LogP contribution is 2.15. The quantitative estimate of drug-likeness (QED) is 0.523. The van der Waals surface area contributed by atoms with Crippen molar-refractivity contribution in [3.63, 3.8) is 0 Å². The normalized spacial score (nSPS) is 11.5. The molecule has 160 valence electrons. The van der Waals surface area contributed by atoms with Crippen LogP contribution in [-0.4, -0.2) is 37.0 Å². The predicted octanol–water partition coefficient (Wildman–Crippen LogP) is 3.25. The van der Waals surface area contributed by atoms with Crippen LogP contribution in [0.15, 0.2) is 72.8 Å². The third-order valence-corrected chi connectivity index (χ3v) is 4.89. The van der Waals surface area contributed by atoms with Gasteiger partial charge in [-0.1, -0.05) is 60.7 Å². The second kappa shape index (κ2) is 10.9. The Kier molecular flexibility index (Phi) is 7.76. The summed E-state index contributed by atoms with van der Waals surface area (Å²) in [4.78, 5) is 36.1. The number of aryl methyl sites for hydroxylation is 1. The lowest BCUT2D eigenvalue weighted by atomic mass is 10.1. The zero-order valence-corrected chi connectivity index (χ0v) is 17.5. The molecule has 0 heterocycles. The Morgan fingerprint density at radius 1 is 0.903 bits per heavy atom. The fraction of sp³-hybridized carbons (Fsp3) is 0.240. The summed E-state index contributed by atoms with van der Waals surface area (Å²) < 4.78 is 4.96. The van der Waals surface area contributed by atoms with Crippen molar-refractivity contribution in [2.45, 2.75) is 25.8 Å². The Bertz CT molecular complexity index is 1050. The van der Waals surface area contributed by atoms with Crippen LogP contribution in [0.25, 0.3) is 10.8 Å². The van der Waals surface area contributed by atoms with Gasteiger partial charge in [-0.2, -0.15) is 0 Å². The van der Waals surface area contributed by atoms with Gasteiger partial charge in [0.05, 0.1) is 0 Å². The minimum absolute atomic E-state index is 0.0426. The molecule has 0 saturated heterocycles. The molecule has 0 saturated carbocycles. The molecular weight excluding hydrogens is 392 g/mol. The highest BCUT2D eigenvalue weighted by Gasteiger charge is 2.13. The maximum absolute atomic E-state index is 12.3. The summed E-state index contributed by atoms with van der Waals surface area (Å²) in [5.74, 6) is -1.40. The minimum atomic E-state index is -0.666. The number of carbonyl (C=O) groups excluding carboxylic acids is 3. The lowest BCUT2D eigenvalue weighted by molar-refractivity contribution is -0.147. The van der Waals surface area contributed by atoms with Crippen molar-refractivity contribution < 1.29 is 19.1 Å². The second-order valence-corrected chi connectivity index (χ2v) is 7.40. The summed E-state index contributed by atoms with van der Waals surface area (Å²) in [6.45, 7) is 1.23. The van der Waals surface area contributed by atoms with E-state index in [-0.39, 0.29) is 31.0 Å². The second-order valence-electron chi connectivity index (χ2n) is 7.40. The predicted molar refractivity (Wildman–Crippen MR) is 120 cm³/mol. The van der Waals surface area contributed by atoms with Gasteiger partial charge in [0.1, 0.15) is 6.54 Å². The molecule has 0 bridgehead atoms. The van der Waals surface area contributed by atoms with Gasteiger partial charge < -0.3 is 15.4 Å². The molecule has 0 unspecified atom stereocenters. The van der Waals surface area contributed by atoms with E-state index in [4.69, 9.17) is 4.74 Å². The van der Waals surface area contributed by atoms with Gasteiger partial charge in [0.2, 0.25) is 0 Å². The van der Waals surface area contributed by atoms with Gasteiger partial charge in [-0.15, -0.1) is 0 Å². The standard InChI is InChI=1S/C25H26N2O4/c1-18(11-12-19-7-3-2-4-8-19)27-23(28)17-31-24(29)16-26-25(30)22-14-13-20-9-5-6-10-21(20)15-22/h2-10,13-15,18H,11-12,16-17H2,1H3,(H,26,30)(H,27,28)/t18-/m0/s1. The molecule has 31 heavy (non-hydrogen) atoms. The summed E-state index contributed by atoms with van der Waals surface area (Å²) in [7, 11) is 0. The topological polar surface area (TPSA) is 84.5 Å². The number of amides is 2. The maximum atomic E-state index is 12.3. The highest BCUT2D eigenvalue weighted by molar-refractivity contribution is 5.99. The van der Waals surface area contributed by atoms with Crippen LogP contribution in [0.1, 0.15) is 29.3 Å². The van der Waals surface area contributed by atoms with E-state index in [0.717, 1.165) is 23.6 Å². The molecule has 3 rings (SSSR count). The number of benzene rings is 3. The number of hydrogen-bond donors (Lipinski definition) is 2. The monoisotopic (exact) mass is 418 g/mol. The Hall–Kier alpha value is -3.67. The summed E-state index contributed by atoms with van der Waals surface area (Å²) in [5, 5.41) is 7.30. The van der Waals surface area contributed by atoms with Gasteiger partial charge in [0, 0.05) is 11.6 Å². The summed E-state index contributed by atoms with van der Waals surface area (Å²) >= 11 is 0. The first-order chi connectivity index (χ1) is 15.0. The third-order valence-electron chi connectivity index (χ3n) is 4.89. The minimum Gasteiger partial charge on any atom is -0.454 e. The van der Waals surface area contributed by atoms with Crippen molar-refractivity contribution in [3.8, 4) is 0 Å². The molecule has 0 aromatic heterocycles. The van der Waals surface area contributed by atoms with E-state index in [2.05, 4.69) is 10.6 Å². The van der Waals surface area contributed by atoms with E-state index in [1.54, 1.807) is 12.1 Å². The van der Waals surface area contributed by atoms with Gasteiger partial charge in [-0.25, -0.2) is 0 Å². The van der Waals surface area contributed by atoms with E-state index in [1.165, 1.54) is 5.56 Å². The smallest absolute Gasteiger partial charge is 0.325 e. The number of nitrogens with one attached hydrogen (secondary N) is 2. The maximum Gasteiger partial charge on any atom is 0.325 e. The average molecular weight is 418 g/mol. The molecule has 0 spiro atoms. The van der Waals surface area contributed by atoms with Crippen LogP contribution in [-0.2, 0) is 20.7 Å². The van der Waals surface area contributed by atoms with Gasteiger partial charge in [-0.3, -0.25) is 14.4 Å². The van der Waals surface area contributed by atoms with Crippen molar-refractivity contribution in [1.29, 1.82) is 0 Å². The zero-order chi connectivity index (χ0) is 22.1. The summed E-state index contributed by atoms with van der Waals surface area (Å²) in [6, 6.07) is 23.0. The van der Waals surface area contributed by atoms with E-state index in [9.17, 15) is 14.4 Å². The molecule has 2 N–H and O–H groups in total. The van der Waals surface area contributed by atoms with Crippen molar-refractivity contribution in [3.05, 3.63) is 83.9 Å². The first kappa shape index (κ1) is 22.0. The first-order valence-corrected chi connectivity index (χ1v) is 10.3. The number of carbonyl (C=O) groups is 3. The Morgan fingerprint density at radius 3 is 2.39 bits per heavy atom. The number of fused-ring (bicyclic) bond motifs is 1. The fourth-order valence-electron chi connectivity index (χ4n) is 3.20. The highest BCUT2D eigenvalue weighted by atomic mass is 16.5. The van der Waals surface area contributed by atoms with Crippen molar-refractivity contribution in [2.75, 3.05) is 13.2 Å². The van der Waals surface area contributed by atoms with Crippen LogP contribution in [0, 0.1) is 0 Å². The number of esters is 1. The molecule has 3 aromatic carbocycles. The molecule has 6 heteroatoms. The number of rotatable bonds is 9. The molecule has 0 aliphatic carbocycles. The van der Waals surface area contributed by atoms with Gasteiger partial charge in [0.25, 0.3) is 11.8 Å². The largest absolute Gasteiger partial charge is 0.454 e. The van der Waals surface area contributed by atoms with Crippen molar-refractivity contribution in [1.82, 2.24) is 10.6 Å². The van der Waals surface area contributed by atoms with Crippen LogP contribution in [0.3, 0.4) is 0 Å². The Morgan fingerprint density at radius 2 is 1.61 bits per heavy atom. The summed E-state index contributed by atoms with van der Waals surface area (Å²) in [6.07, 6.45) is 1.63. The van der Waals surface area contributed by atoms with E-state index in [0.29, 0.717) is 5.56 Å². The average Bonchev–Trinajstić information content (AvgIpc) is 2.80. The lowest BCUT2D eigenvalue weighted by Crippen LogP contribution is -2.37. The van der Waals surface area contributed by atoms with Crippen molar-refractivity contribution >= 4 is 28.6 Å².